The topological polar surface area (TPSA) is 64.1 Å². The number of rotatable bonds is 8. The van der Waals surface area contributed by atoms with Gasteiger partial charge >= 0.3 is 5.97 Å². The Balaban J connectivity index is 2.03. The lowest BCUT2D eigenvalue weighted by molar-refractivity contribution is -0.139. The Hall–Kier alpha value is -1.34. The highest BCUT2D eigenvalue weighted by molar-refractivity contribution is 7.99. The third-order valence-electron chi connectivity index (χ3n) is 2.67. The first kappa shape index (κ1) is 16.0. The van der Waals surface area contributed by atoms with E-state index >= 15 is 0 Å². The van der Waals surface area contributed by atoms with Crippen LogP contribution in [-0.4, -0.2) is 34.8 Å². The summed E-state index contributed by atoms with van der Waals surface area (Å²) >= 11 is 3.08. The van der Waals surface area contributed by atoms with E-state index in [1.165, 1.54) is 11.8 Å². The van der Waals surface area contributed by atoms with Gasteiger partial charge in [-0.15, -0.1) is 23.1 Å². The van der Waals surface area contributed by atoms with Gasteiger partial charge in [-0.2, -0.15) is 0 Å². The number of hydrogen-bond donors (Lipinski definition) is 1. The average molecular weight is 325 g/mol. The number of carbonyl (C=O) groups is 1. The Morgan fingerprint density at radius 1 is 1.43 bits per heavy atom. The van der Waals surface area contributed by atoms with E-state index in [2.05, 4.69) is 22.2 Å². The molecule has 0 aliphatic heterocycles. The van der Waals surface area contributed by atoms with Gasteiger partial charge in [-0.25, -0.2) is 9.97 Å². The number of nitrogens with one attached hydrogen (secondary N) is 1. The van der Waals surface area contributed by atoms with Crippen molar-refractivity contribution in [2.75, 3.05) is 24.2 Å². The molecule has 5 nitrogen and oxygen atoms in total. The van der Waals surface area contributed by atoms with Crippen molar-refractivity contribution in [3.8, 4) is 0 Å². The van der Waals surface area contributed by atoms with Crippen LogP contribution in [0.2, 0.25) is 0 Å². The summed E-state index contributed by atoms with van der Waals surface area (Å²) in [5, 5.41) is 6.42. The van der Waals surface area contributed by atoms with E-state index in [0.717, 1.165) is 34.8 Å². The molecule has 114 valence electrons. The van der Waals surface area contributed by atoms with E-state index in [1.807, 2.05) is 18.4 Å². The Kier molecular flexibility index (Phi) is 6.25. The summed E-state index contributed by atoms with van der Waals surface area (Å²) in [7, 11) is 0. The fourth-order valence-electron chi connectivity index (χ4n) is 1.77. The van der Waals surface area contributed by atoms with Crippen LogP contribution in [0.5, 0.6) is 0 Å². The van der Waals surface area contributed by atoms with Crippen molar-refractivity contribution in [2.45, 2.75) is 26.0 Å². The monoisotopic (exact) mass is 325 g/mol. The predicted molar refractivity (Wildman–Crippen MR) is 89.0 cm³/mol. The summed E-state index contributed by atoms with van der Waals surface area (Å²) in [5.41, 5.74) is 0. The van der Waals surface area contributed by atoms with E-state index in [1.54, 1.807) is 11.3 Å². The standard InChI is InChI=1S/C14H19N3O2S2/c1-3-6-15-13-10-5-7-21-14(10)17-11(16-13)8-20-9-12(18)19-4-2/h5,7H,3-4,6,8-9H2,1-2H3,(H,15,16,17). The summed E-state index contributed by atoms with van der Waals surface area (Å²) in [5.74, 6) is 2.38. The normalized spacial score (nSPS) is 10.8. The molecule has 7 heteroatoms. The molecule has 2 aromatic rings. The van der Waals surface area contributed by atoms with E-state index in [9.17, 15) is 4.79 Å². The molecule has 0 unspecified atom stereocenters. The number of thioether (sulfide) groups is 1. The molecule has 0 aromatic carbocycles. The summed E-state index contributed by atoms with van der Waals surface area (Å²) in [6.45, 7) is 5.23. The maximum Gasteiger partial charge on any atom is 0.315 e. The maximum atomic E-state index is 11.3. The van der Waals surface area contributed by atoms with Gasteiger partial charge in [0.15, 0.2) is 0 Å². The zero-order chi connectivity index (χ0) is 15.1. The first-order valence-corrected chi connectivity index (χ1v) is 8.99. The molecule has 0 bridgehead atoms. The fraction of sp³-hybridized carbons (Fsp3) is 0.500. The van der Waals surface area contributed by atoms with Crippen LogP contribution in [0.1, 0.15) is 26.1 Å². The molecule has 2 rings (SSSR count). The quantitative estimate of drug-likeness (QED) is 0.751. The molecule has 0 atom stereocenters. The number of hydrogen-bond acceptors (Lipinski definition) is 7. The molecule has 0 saturated carbocycles. The van der Waals surface area contributed by atoms with Crippen LogP contribution in [0.4, 0.5) is 5.82 Å². The van der Waals surface area contributed by atoms with Gasteiger partial charge in [-0.1, -0.05) is 6.92 Å². The summed E-state index contributed by atoms with van der Waals surface area (Å²) < 4.78 is 4.90. The minimum Gasteiger partial charge on any atom is -0.465 e. The first-order valence-electron chi connectivity index (χ1n) is 6.96. The van der Waals surface area contributed by atoms with Gasteiger partial charge in [0, 0.05) is 6.54 Å². The molecule has 0 radical (unpaired) electrons. The zero-order valence-electron chi connectivity index (χ0n) is 12.2. The molecule has 0 aliphatic carbocycles. The lowest BCUT2D eigenvalue weighted by atomic mass is 10.3. The maximum absolute atomic E-state index is 11.3. The molecular weight excluding hydrogens is 306 g/mol. The summed E-state index contributed by atoms with van der Waals surface area (Å²) in [6.07, 6.45) is 1.04. The SMILES string of the molecule is CCCNc1nc(CSCC(=O)OCC)nc2sccc12. The molecule has 0 aliphatic rings. The highest BCUT2D eigenvalue weighted by Gasteiger charge is 2.09. The highest BCUT2D eigenvalue weighted by atomic mass is 32.2. The Bertz CT molecular complexity index is 601. The third kappa shape index (κ3) is 4.57. The molecular formula is C14H19N3O2S2. The molecule has 21 heavy (non-hydrogen) atoms. The minimum absolute atomic E-state index is 0.191. The number of fused-ring (bicyclic) bond motifs is 1. The lowest BCUT2D eigenvalue weighted by Crippen LogP contribution is -2.08. The number of ether oxygens (including phenoxy) is 1. The number of thiophene rings is 1. The Morgan fingerprint density at radius 3 is 3.05 bits per heavy atom. The van der Waals surface area contributed by atoms with Gasteiger partial charge in [-0.3, -0.25) is 4.79 Å². The second kappa shape index (κ2) is 8.19. The van der Waals surface area contributed by atoms with Gasteiger partial charge < -0.3 is 10.1 Å². The summed E-state index contributed by atoms with van der Waals surface area (Å²) in [6, 6.07) is 2.04. The van der Waals surface area contributed by atoms with Crippen LogP contribution < -0.4 is 5.32 Å². The molecule has 2 heterocycles. The van der Waals surface area contributed by atoms with Gasteiger partial charge in [-0.05, 0) is 24.8 Å². The first-order chi connectivity index (χ1) is 10.2. The number of esters is 1. The second-order valence-corrected chi connectivity index (χ2v) is 6.23. The lowest BCUT2D eigenvalue weighted by Gasteiger charge is -2.07. The van der Waals surface area contributed by atoms with Gasteiger partial charge in [0.25, 0.3) is 0 Å². The molecule has 0 fully saturated rings. The fourth-order valence-corrected chi connectivity index (χ4v) is 3.22. The van der Waals surface area contributed by atoms with Crippen molar-refractivity contribution in [1.82, 2.24) is 9.97 Å². The minimum atomic E-state index is -0.191. The van der Waals surface area contributed by atoms with Crippen LogP contribution in [-0.2, 0) is 15.3 Å². The number of carbonyl (C=O) groups excluding carboxylic acids is 1. The third-order valence-corrected chi connectivity index (χ3v) is 4.38. The van der Waals surface area contributed by atoms with E-state index < -0.39 is 0 Å². The number of anilines is 1. The van der Waals surface area contributed by atoms with Crippen LogP contribution in [0, 0.1) is 0 Å². The molecule has 0 spiro atoms. The van der Waals surface area contributed by atoms with Crippen molar-refractivity contribution in [1.29, 1.82) is 0 Å². The van der Waals surface area contributed by atoms with Crippen molar-refractivity contribution in [3.05, 3.63) is 17.3 Å². The van der Waals surface area contributed by atoms with E-state index in [4.69, 9.17) is 4.74 Å². The predicted octanol–water partition coefficient (Wildman–Crippen LogP) is 3.31. The Morgan fingerprint density at radius 2 is 2.29 bits per heavy atom. The van der Waals surface area contributed by atoms with Crippen LogP contribution in [0.15, 0.2) is 11.4 Å². The Labute approximate surface area is 132 Å². The average Bonchev–Trinajstić information content (AvgIpc) is 2.93. The number of nitrogens with zero attached hydrogens (tertiary/aromatic N) is 2. The summed E-state index contributed by atoms with van der Waals surface area (Å²) in [4.78, 5) is 21.4. The number of aromatic nitrogens is 2. The van der Waals surface area contributed by atoms with Gasteiger partial charge in [0.2, 0.25) is 0 Å². The van der Waals surface area contributed by atoms with E-state index in [-0.39, 0.29) is 5.97 Å². The molecule has 0 amide bonds. The van der Waals surface area contributed by atoms with Crippen LogP contribution >= 0.6 is 23.1 Å². The molecule has 2 aromatic heterocycles. The zero-order valence-corrected chi connectivity index (χ0v) is 13.9. The largest absolute Gasteiger partial charge is 0.465 e. The van der Waals surface area contributed by atoms with Crippen molar-refractivity contribution in [3.63, 3.8) is 0 Å². The van der Waals surface area contributed by atoms with E-state index in [0.29, 0.717) is 18.1 Å². The van der Waals surface area contributed by atoms with Crippen LogP contribution in [0.3, 0.4) is 0 Å². The molecule has 0 saturated heterocycles. The van der Waals surface area contributed by atoms with Crippen molar-refractivity contribution < 1.29 is 9.53 Å². The van der Waals surface area contributed by atoms with Gasteiger partial charge in [0.1, 0.15) is 16.5 Å². The van der Waals surface area contributed by atoms with Crippen molar-refractivity contribution >= 4 is 45.1 Å². The second-order valence-electron chi connectivity index (χ2n) is 4.35. The smallest absolute Gasteiger partial charge is 0.315 e. The van der Waals surface area contributed by atoms with Crippen LogP contribution in [0.25, 0.3) is 10.2 Å². The molecule has 1 N–H and O–H groups in total. The van der Waals surface area contributed by atoms with Gasteiger partial charge in [0.05, 0.1) is 23.5 Å². The van der Waals surface area contributed by atoms with Crippen molar-refractivity contribution in [2.24, 2.45) is 0 Å². The highest BCUT2D eigenvalue weighted by Crippen LogP contribution is 2.26.